The Morgan fingerprint density at radius 3 is 2.12 bits per heavy atom. The van der Waals surface area contributed by atoms with Gasteiger partial charge in [0.1, 0.15) is 23.9 Å². The molecule has 0 bridgehead atoms. The van der Waals surface area contributed by atoms with Crippen LogP contribution in [0.5, 0.6) is 0 Å². The van der Waals surface area contributed by atoms with E-state index in [0.717, 1.165) is 12.8 Å². The predicted octanol–water partition coefficient (Wildman–Crippen LogP) is 2.34. The van der Waals surface area contributed by atoms with E-state index in [2.05, 4.69) is 5.32 Å². The van der Waals surface area contributed by atoms with Gasteiger partial charge in [0.25, 0.3) is 0 Å². The van der Waals surface area contributed by atoms with Gasteiger partial charge in [0.05, 0.1) is 47.6 Å². The zero-order chi connectivity index (χ0) is 43.2. The van der Waals surface area contributed by atoms with E-state index in [9.17, 15) is 35.4 Å². The highest BCUT2D eigenvalue weighted by Gasteiger charge is 2.53. The molecule has 0 aromatic carbocycles. The van der Waals surface area contributed by atoms with Crippen LogP contribution in [0.15, 0.2) is 0 Å². The fourth-order valence-electron chi connectivity index (χ4n) is 9.67. The number of nitrogens with zero attached hydrogens (tertiary/aromatic N) is 1. The standard InChI is InChI=1S/C42H80N2O13/c1-14-30-42(10,51)35(47)25(4)32(43-18-16-15-17-19-45)23(2)21-40(8,50)37(57-39-33(46)29(44(11)12)20-24(3)53-39)26(5)34(27(6)38(49)55-30)56-31-22-41(9,52-13)36(48)28(7)54-31/h23-37,39,43,45-48,50-51H,14-22H2,1-13H3/t23-,24?,25+,26+,27-,28?,29?,30-,31?,32+,33?,34+,35-,36?,37-,39?,40-,41?,42-/m1/s1. The summed E-state index contributed by atoms with van der Waals surface area (Å²) in [4.78, 5) is 16.3. The van der Waals surface area contributed by atoms with E-state index in [1.54, 1.807) is 34.6 Å². The molecule has 7 N–H and O–H groups in total. The van der Waals surface area contributed by atoms with Crippen LogP contribution in [0.25, 0.3) is 0 Å². The van der Waals surface area contributed by atoms with Gasteiger partial charge in [-0.15, -0.1) is 0 Å². The third kappa shape index (κ3) is 12.1. The second-order valence-electron chi connectivity index (χ2n) is 18.5. The lowest BCUT2D eigenvalue weighted by molar-refractivity contribution is -0.318. The highest BCUT2D eigenvalue weighted by atomic mass is 16.7. The van der Waals surface area contributed by atoms with E-state index in [1.165, 1.54) is 14.0 Å². The van der Waals surface area contributed by atoms with E-state index in [-0.39, 0.29) is 43.9 Å². The summed E-state index contributed by atoms with van der Waals surface area (Å²) in [6.45, 7) is 18.2. The van der Waals surface area contributed by atoms with Gasteiger partial charge in [-0.1, -0.05) is 27.7 Å². The first-order valence-electron chi connectivity index (χ1n) is 21.3. The van der Waals surface area contributed by atoms with Gasteiger partial charge in [-0.05, 0) is 107 Å². The van der Waals surface area contributed by atoms with Crippen molar-refractivity contribution in [2.75, 3.05) is 34.4 Å². The van der Waals surface area contributed by atoms with E-state index in [0.29, 0.717) is 19.4 Å². The normalized spacial score (nSPS) is 47.1. The number of carbonyl (C=O) groups excluding carboxylic acids is 1. The maximum Gasteiger partial charge on any atom is 0.311 e. The number of ether oxygens (including phenoxy) is 6. The second kappa shape index (κ2) is 21.2. The van der Waals surface area contributed by atoms with Gasteiger partial charge in [-0.25, -0.2) is 0 Å². The number of unbranched alkanes of at least 4 members (excludes halogenated alkanes) is 2. The molecule has 0 saturated carbocycles. The van der Waals surface area contributed by atoms with Crippen LogP contribution in [0.2, 0.25) is 0 Å². The first kappa shape index (κ1) is 50.3. The second-order valence-corrected chi connectivity index (χ2v) is 18.5. The van der Waals surface area contributed by atoms with Crippen molar-refractivity contribution < 1.29 is 63.9 Å². The molecule has 3 fully saturated rings. The summed E-state index contributed by atoms with van der Waals surface area (Å²) in [5, 5.41) is 72.3. The maximum atomic E-state index is 14.3. The fourth-order valence-corrected chi connectivity index (χ4v) is 9.67. The van der Waals surface area contributed by atoms with E-state index >= 15 is 0 Å². The average Bonchev–Trinajstić information content (AvgIpc) is 3.14. The molecule has 0 radical (unpaired) electrons. The quantitative estimate of drug-likeness (QED) is 0.105. The number of rotatable bonds is 13. The highest BCUT2D eigenvalue weighted by molar-refractivity contribution is 5.73. The summed E-state index contributed by atoms with van der Waals surface area (Å²) in [6.07, 6.45) is -6.45. The minimum Gasteiger partial charge on any atom is -0.459 e. The summed E-state index contributed by atoms with van der Waals surface area (Å²) in [5.74, 6) is -3.41. The lowest BCUT2D eigenvalue weighted by Gasteiger charge is -2.49. The smallest absolute Gasteiger partial charge is 0.311 e. The van der Waals surface area contributed by atoms with Crippen molar-refractivity contribution in [2.45, 2.75) is 204 Å². The Kier molecular flexibility index (Phi) is 18.7. The van der Waals surface area contributed by atoms with E-state index in [4.69, 9.17) is 28.4 Å². The molecule has 3 heterocycles. The molecule has 3 saturated heterocycles. The molecule has 15 heteroatoms. The van der Waals surface area contributed by atoms with Crippen molar-refractivity contribution in [1.82, 2.24) is 10.2 Å². The molecule has 19 atom stereocenters. The highest BCUT2D eigenvalue weighted by Crippen LogP contribution is 2.41. The zero-order valence-corrected chi connectivity index (χ0v) is 37.1. The Bertz CT molecular complexity index is 1230. The summed E-state index contributed by atoms with van der Waals surface area (Å²) >= 11 is 0. The summed E-state index contributed by atoms with van der Waals surface area (Å²) < 4.78 is 37.8. The van der Waals surface area contributed by atoms with Crippen molar-refractivity contribution in [1.29, 1.82) is 0 Å². The van der Waals surface area contributed by atoms with Crippen molar-refractivity contribution >= 4 is 5.97 Å². The van der Waals surface area contributed by atoms with Crippen LogP contribution in [-0.2, 0) is 33.2 Å². The van der Waals surface area contributed by atoms with Crippen LogP contribution in [-0.4, -0.2) is 166 Å². The van der Waals surface area contributed by atoms with Crippen LogP contribution in [0.3, 0.4) is 0 Å². The van der Waals surface area contributed by atoms with Crippen LogP contribution in [0.4, 0.5) is 0 Å². The third-order valence-electron chi connectivity index (χ3n) is 13.3. The van der Waals surface area contributed by atoms with Crippen molar-refractivity contribution in [3.8, 4) is 0 Å². The van der Waals surface area contributed by atoms with Gasteiger partial charge in [0.2, 0.25) is 0 Å². The molecule has 3 aliphatic heterocycles. The molecule has 3 rings (SSSR count). The third-order valence-corrected chi connectivity index (χ3v) is 13.3. The number of likely N-dealkylation sites (N-methyl/N-ethyl adjacent to an activating group) is 1. The largest absolute Gasteiger partial charge is 0.459 e. The summed E-state index contributed by atoms with van der Waals surface area (Å²) in [5.41, 5.74) is -4.55. The number of esters is 1. The maximum absolute atomic E-state index is 14.3. The Morgan fingerprint density at radius 1 is 0.895 bits per heavy atom. The van der Waals surface area contributed by atoms with Crippen molar-refractivity contribution in [2.24, 2.45) is 23.7 Å². The zero-order valence-electron chi connectivity index (χ0n) is 37.1. The molecule has 57 heavy (non-hydrogen) atoms. The first-order valence-corrected chi connectivity index (χ1v) is 21.3. The number of aliphatic hydroxyl groups excluding tert-OH is 4. The van der Waals surface area contributed by atoms with Crippen LogP contribution < -0.4 is 5.32 Å². The molecule has 0 spiro atoms. The van der Waals surface area contributed by atoms with Gasteiger partial charge >= 0.3 is 5.97 Å². The van der Waals surface area contributed by atoms with Crippen LogP contribution in [0, 0.1) is 23.7 Å². The number of carbonyl (C=O) groups is 1. The molecule has 0 aromatic rings. The predicted molar refractivity (Wildman–Crippen MR) is 214 cm³/mol. The molecule has 0 aliphatic carbocycles. The SMILES string of the molecule is CC[C@H]1OC(=O)[C@H](C)[C@@H](OC2CC(C)(OC)C(O)C(C)O2)[C@H](C)[C@@H](OC2OC(C)CC(N(C)C)C2O)[C@](C)(O)C[C@@H](C)[C@H](NCCCCCO)[C@H](C)[C@@H](O)[C@]1(C)O. The first-order chi connectivity index (χ1) is 26.5. The lowest BCUT2D eigenvalue weighted by Crippen LogP contribution is -2.62. The Labute approximate surface area is 342 Å². The molecule has 0 aromatic heterocycles. The van der Waals surface area contributed by atoms with Gasteiger partial charge in [0, 0.05) is 44.1 Å². The van der Waals surface area contributed by atoms with Gasteiger partial charge in [-0.2, -0.15) is 0 Å². The molecule has 336 valence electrons. The number of methoxy groups -OCH3 is 1. The minimum atomic E-state index is -1.85. The fraction of sp³-hybridized carbons (Fsp3) is 0.976. The molecule has 8 unspecified atom stereocenters. The molecular formula is C42H80N2O13. The monoisotopic (exact) mass is 821 g/mol. The number of cyclic esters (lactones) is 1. The van der Waals surface area contributed by atoms with Crippen molar-refractivity contribution in [3.05, 3.63) is 0 Å². The van der Waals surface area contributed by atoms with Gasteiger partial charge < -0.3 is 69.3 Å². The lowest BCUT2D eigenvalue weighted by atomic mass is 9.72. The average molecular weight is 821 g/mol. The van der Waals surface area contributed by atoms with Crippen LogP contribution >= 0.6 is 0 Å². The number of hydrogen-bond acceptors (Lipinski definition) is 15. The summed E-state index contributed by atoms with van der Waals surface area (Å²) in [6, 6.07) is -0.733. The Morgan fingerprint density at radius 2 is 1.54 bits per heavy atom. The number of hydrogen-bond donors (Lipinski definition) is 7. The van der Waals surface area contributed by atoms with E-state index < -0.39 is 102 Å². The van der Waals surface area contributed by atoms with Crippen LogP contribution in [0.1, 0.15) is 114 Å². The molecule has 3 aliphatic rings. The minimum absolute atomic E-state index is 0.0910. The Balaban J connectivity index is 2.20. The topological polar surface area (TPSA) is 209 Å². The van der Waals surface area contributed by atoms with E-state index in [1.807, 2.05) is 46.7 Å². The number of nitrogens with one attached hydrogen (secondary N) is 1. The number of aliphatic hydroxyl groups is 6. The molecular weight excluding hydrogens is 740 g/mol. The van der Waals surface area contributed by atoms with Crippen molar-refractivity contribution in [3.63, 3.8) is 0 Å². The molecule has 15 nitrogen and oxygen atoms in total. The summed E-state index contributed by atoms with van der Waals surface area (Å²) in [7, 11) is 5.27. The molecule has 0 amide bonds. The van der Waals surface area contributed by atoms with Gasteiger partial charge in [-0.3, -0.25) is 4.79 Å². The van der Waals surface area contributed by atoms with Gasteiger partial charge in [0.15, 0.2) is 12.6 Å². The Hall–Kier alpha value is -1.05.